The van der Waals surface area contributed by atoms with Crippen molar-refractivity contribution in [1.29, 1.82) is 0 Å². The van der Waals surface area contributed by atoms with Crippen molar-refractivity contribution in [3.63, 3.8) is 0 Å². The van der Waals surface area contributed by atoms with Gasteiger partial charge in [-0.15, -0.1) is 0 Å². The van der Waals surface area contributed by atoms with E-state index in [1.54, 1.807) is 14.2 Å². The molecule has 0 spiro atoms. The van der Waals surface area contributed by atoms with Crippen molar-refractivity contribution in [3.05, 3.63) is 0 Å². The van der Waals surface area contributed by atoms with Crippen LogP contribution < -0.4 is 20.9 Å². The Hall–Kier alpha value is -2.46. The van der Waals surface area contributed by atoms with Gasteiger partial charge in [0.05, 0.1) is 13.2 Å². The van der Waals surface area contributed by atoms with Crippen LogP contribution in [0.15, 0.2) is 0 Å². The number of aromatic nitrogens is 4. The lowest BCUT2D eigenvalue weighted by molar-refractivity contribution is 0.189. The van der Waals surface area contributed by atoms with Crippen molar-refractivity contribution in [2.75, 3.05) is 82.0 Å². The fourth-order valence-electron chi connectivity index (χ4n) is 2.52. The third kappa shape index (κ3) is 5.27. The molecule has 150 valence electrons. The minimum atomic E-state index is 0.553. The second-order valence-electron chi connectivity index (χ2n) is 5.86. The van der Waals surface area contributed by atoms with Gasteiger partial charge in [-0.05, 0) is 6.42 Å². The number of nitrogens with one attached hydrogen (secondary N) is 3. The second kappa shape index (κ2) is 10.6. The Bertz CT molecular complexity index is 720. The molecule has 0 aliphatic rings. The third-order valence-electron chi connectivity index (χ3n) is 3.95. The molecule has 2 aromatic rings. The third-order valence-corrected chi connectivity index (χ3v) is 3.95. The van der Waals surface area contributed by atoms with Gasteiger partial charge in [0.1, 0.15) is 11.0 Å². The number of rotatable bonds is 12. The van der Waals surface area contributed by atoms with E-state index in [1.807, 2.05) is 19.0 Å². The molecule has 0 amide bonds. The van der Waals surface area contributed by atoms with E-state index in [2.05, 4.69) is 37.8 Å². The number of ether oxygens (including phenoxy) is 2. The molecule has 2 heterocycles. The Morgan fingerprint density at radius 2 is 1.44 bits per heavy atom. The van der Waals surface area contributed by atoms with Crippen LogP contribution in [0.25, 0.3) is 11.0 Å². The van der Waals surface area contributed by atoms with E-state index in [0.717, 1.165) is 13.0 Å². The van der Waals surface area contributed by atoms with Crippen LogP contribution in [0.5, 0.6) is 0 Å². The summed E-state index contributed by atoms with van der Waals surface area (Å²) in [6.07, 6.45) is 0.985. The lowest BCUT2D eigenvalue weighted by Gasteiger charge is -2.23. The highest BCUT2D eigenvalue weighted by Crippen LogP contribution is 2.27. The average Bonchev–Trinajstić information content (AvgIpc) is 2.70. The molecule has 0 aromatic carbocycles. The molecule has 10 heteroatoms. The predicted octanol–water partition coefficient (Wildman–Crippen LogP) is 1.42. The molecular formula is C17H30N8O2. The maximum Gasteiger partial charge on any atom is 0.228 e. The summed E-state index contributed by atoms with van der Waals surface area (Å²) < 4.78 is 10.4. The monoisotopic (exact) mass is 378 g/mol. The smallest absolute Gasteiger partial charge is 0.228 e. The van der Waals surface area contributed by atoms with Crippen molar-refractivity contribution in [3.8, 4) is 0 Å². The van der Waals surface area contributed by atoms with Gasteiger partial charge in [0.15, 0.2) is 11.6 Å². The quantitative estimate of drug-likeness (QED) is 0.502. The van der Waals surface area contributed by atoms with E-state index in [-0.39, 0.29) is 0 Å². The fourth-order valence-corrected chi connectivity index (χ4v) is 2.52. The normalized spacial score (nSPS) is 10.9. The summed E-state index contributed by atoms with van der Waals surface area (Å²) in [6.45, 7) is 5.33. The summed E-state index contributed by atoms with van der Waals surface area (Å²) in [5.74, 6) is 2.43. The van der Waals surface area contributed by atoms with Crippen molar-refractivity contribution in [2.45, 2.75) is 13.3 Å². The molecule has 0 unspecified atom stereocenters. The van der Waals surface area contributed by atoms with Gasteiger partial charge in [-0.1, -0.05) is 6.92 Å². The molecule has 0 saturated heterocycles. The zero-order chi connectivity index (χ0) is 19.6. The van der Waals surface area contributed by atoms with Crippen LogP contribution in [0, 0.1) is 0 Å². The molecule has 2 aromatic heterocycles. The van der Waals surface area contributed by atoms with Crippen LogP contribution in [0.4, 0.5) is 23.5 Å². The summed E-state index contributed by atoms with van der Waals surface area (Å²) in [7, 11) is 6.99. The van der Waals surface area contributed by atoms with Crippen molar-refractivity contribution >= 4 is 34.6 Å². The van der Waals surface area contributed by atoms with E-state index in [4.69, 9.17) is 14.5 Å². The van der Waals surface area contributed by atoms with E-state index in [9.17, 15) is 0 Å². The number of hydrogen-bond donors (Lipinski definition) is 3. The predicted molar refractivity (Wildman–Crippen MR) is 109 cm³/mol. The van der Waals surface area contributed by atoms with Crippen molar-refractivity contribution in [2.24, 2.45) is 0 Å². The van der Waals surface area contributed by atoms with Crippen LogP contribution in [0.3, 0.4) is 0 Å². The van der Waals surface area contributed by atoms with Crippen LogP contribution in [0.2, 0.25) is 0 Å². The summed E-state index contributed by atoms with van der Waals surface area (Å²) in [5, 5.41) is 9.46. The number of anilines is 4. The maximum absolute atomic E-state index is 5.22. The molecular weight excluding hydrogens is 348 g/mol. The Morgan fingerprint density at radius 3 is 2.00 bits per heavy atom. The number of fused-ring (bicyclic) bond motifs is 1. The average molecular weight is 378 g/mol. The van der Waals surface area contributed by atoms with E-state index in [0.29, 0.717) is 60.9 Å². The van der Waals surface area contributed by atoms with Gasteiger partial charge in [-0.2, -0.15) is 9.97 Å². The Labute approximate surface area is 160 Å². The highest BCUT2D eigenvalue weighted by Gasteiger charge is 2.18. The number of hydrogen-bond acceptors (Lipinski definition) is 10. The Morgan fingerprint density at radius 1 is 0.852 bits per heavy atom. The van der Waals surface area contributed by atoms with E-state index < -0.39 is 0 Å². The maximum atomic E-state index is 5.22. The topological polar surface area (TPSA) is 109 Å². The van der Waals surface area contributed by atoms with Crippen LogP contribution in [-0.4, -0.2) is 81.1 Å². The standard InChI is InChI=1S/C17H30N8O2/c1-6-7-20-16-21-12-13(14(18-2)23-16)22-17(24-15(12)19-3)25(8-10-26-4)9-11-27-5/h6-11H2,1-5H3,(H,19,22,24)(H2,18,20,21,23). The fraction of sp³-hybridized carbons (Fsp3) is 0.647. The zero-order valence-corrected chi connectivity index (χ0v) is 16.8. The lowest BCUT2D eigenvalue weighted by atomic mass is 10.3. The van der Waals surface area contributed by atoms with Crippen LogP contribution >= 0.6 is 0 Å². The Balaban J connectivity index is 2.52. The van der Waals surface area contributed by atoms with Crippen LogP contribution in [-0.2, 0) is 9.47 Å². The summed E-state index contributed by atoms with van der Waals surface area (Å²) in [6, 6.07) is 0. The van der Waals surface area contributed by atoms with Crippen LogP contribution in [0.1, 0.15) is 13.3 Å². The largest absolute Gasteiger partial charge is 0.383 e. The number of nitrogens with zero attached hydrogens (tertiary/aromatic N) is 5. The minimum Gasteiger partial charge on any atom is -0.383 e. The minimum absolute atomic E-state index is 0.553. The highest BCUT2D eigenvalue weighted by atomic mass is 16.5. The first-order valence-corrected chi connectivity index (χ1v) is 9.10. The Kier molecular flexibility index (Phi) is 8.21. The van der Waals surface area contributed by atoms with Crippen molar-refractivity contribution in [1.82, 2.24) is 19.9 Å². The molecule has 2 rings (SSSR count). The van der Waals surface area contributed by atoms with Gasteiger partial charge in [0.2, 0.25) is 11.9 Å². The van der Waals surface area contributed by atoms with E-state index in [1.165, 1.54) is 0 Å². The van der Waals surface area contributed by atoms with E-state index >= 15 is 0 Å². The highest BCUT2D eigenvalue weighted by molar-refractivity contribution is 5.94. The molecule has 0 radical (unpaired) electrons. The van der Waals surface area contributed by atoms with Gasteiger partial charge in [0, 0.05) is 47.9 Å². The summed E-state index contributed by atoms with van der Waals surface area (Å²) in [5.41, 5.74) is 1.33. The first-order valence-electron chi connectivity index (χ1n) is 9.10. The molecule has 27 heavy (non-hydrogen) atoms. The first-order chi connectivity index (χ1) is 13.2. The molecule has 0 aliphatic heterocycles. The van der Waals surface area contributed by atoms with Gasteiger partial charge < -0.3 is 30.3 Å². The molecule has 0 aliphatic carbocycles. The SMILES string of the molecule is CCCNc1nc(NC)c2nc(N(CCOC)CCOC)nc(NC)c2n1. The molecule has 0 fully saturated rings. The van der Waals surface area contributed by atoms with Gasteiger partial charge >= 0.3 is 0 Å². The summed E-state index contributed by atoms with van der Waals surface area (Å²) >= 11 is 0. The first kappa shape index (κ1) is 20.8. The second-order valence-corrected chi connectivity index (χ2v) is 5.86. The molecule has 3 N–H and O–H groups in total. The van der Waals surface area contributed by atoms with Gasteiger partial charge in [0.25, 0.3) is 0 Å². The number of methoxy groups -OCH3 is 2. The zero-order valence-electron chi connectivity index (χ0n) is 16.8. The lowest BCUT2D eigenvalue weighted by Crippen LogP contribution is -2.32. The van der Waals surface area contributed by atoms with Crippen molar-refractivity contribution < 1.29 is 9.47 Å². The molecule has 10 nitrogen and oxygen atoms in total. The molecule has 0 bridgehead atoms. The summed E-state index contributed by atoms with van der Waals surface area (Å²) in [4.78, 5) is 20.6. The molecule has 0 atom stereocenters. The van der Waals surface area contributed by atoms with Gasteiger partial charge in [-0.3, -0.25) is 0 Å². The molecule has 0 saturated carbocycles. The van der Waals surface area contributed by atoms with Gasteiger partial charge in [-0.25, -0.2) is 9.97 Å².